The number of hydrogen-bond acceptors (Lipinski definition) is 3. The Balaban J connectivity index is 1.97. The summed E-state index contributed by atoms with van der Waals surface area (Å²) < 4.78 is 19.1. The molecule has 0 amide bonds. The second kappa shape index (κ2) is 5.47. The predicted octanol–water partition coefficient (Wildman–Crippen LogP) is 2.00. The topological polar surface area (TPSA) is 55.5 Å². The van der Waals surface area contributed by atoms with Crippen molar-refractivity contribution in [3.63, 3.8) is 0 Å². The molecule has 0 saturated heterocycles. The fourth-order valence-corrected chi connectivity index (χ4v) is 1.84. The molecule has 1 aromatic rings. The van der Waals surface area contributed by atoms with Crippen molar-refractivity contribution in [3.8, 4) is 5.75 Å². The van der Waals surface area contributed by atoms with Crippen molar-refractivity contribution in [1.29, 1.82) is 0 Å². The fourth-order valence-electron chi connectivity index (χ4n) is 1.84. The Labute approximate surface area is 100 Å². The Morgan fingerprint density at radius 3 is 2.76 bits per heavy atom. The zero-order chi connectivity index (χ0) is 12.3. The van der Waals surface area contributed by atoms with Crippen molar-refractivity contribution in [2.24, 2.45) is 11.7 Å². The van der Waals surface area contributed by atoms with Crippen molar-refractivity contribution in [2.75, 3.05) is 13.2 Å². The van der Waals surface area contributed by atoms with Crippen LogP contribution < -0.4 is 10.5 Å². The van der Waals surface area contributed by atoms with Crippen LogP contribution in [0, 0.1) is 11.7 Å². The lowest BCUT2D eigenvalue weighted by Gasteiger charge is -2.25. The molecule has 17 heavy (non-hydrogen) atoms. The smallest absolute Gasteiger partial charge is 0.165 e. The lowest BCUT2D eigenvalue weighted by atomic mass is 9.86. The van der Waals surface area contributed by atoms with Gasteiger partial charge in [-0.1, -0.05) is 12.5 Å². The van der Waals surface area contributed by atoms with Gasteiger partial charge in [0.15, 0.2) is 11.6 Å². The highest BCUT2D eigenvalue weighted by Crippen LogP contribution is 2.28. The van der Waals surface area contributed by atoms with Crippen LogP contribution in [0.3, 0.4) is 0 Å². The number of aliphatic hydroxyl groups is 1. The van der Waals surface area contributed by atoms with Crippen molar-refractivity contribution in [3.05, 3.63) is 29.6 Å². The van der Waals surface area contributed by atoms with E-state index in [2.05, 4.69) is 0 Å². The number of halogens is 1. The van der Waals surface area contributed by atoms with Crippen LogP contribution >= 0.6 is 0 Å². The van der Waals surface area contributed by atoms with E-state index in [1.807, 2.05) is 0 Å². The third-order valence-electron chi connectivity index (χ3n) is 3.26. The predicted molar refractivity (Wildman–Crippen MR) is 63.3 cm³/mol. The molecular weight excluding hydrogens is 221 g/mol. The minimum atomic E-state index is -0.815. The quantitative estimate of drug-likeness (QED) is 0.826. The standard InChI is InChI=1S/C13H18FNO2/c14-11-6-10(12(16)7-15)4-5-13(11)17-8-9-2-1-3-9/h4-6,9,12,16H,1-3,7-8,15H2. The molecule has 0 aliphatic heterocycles. The molecule has 4 heteroatoms. The van der Waals surface area contributed by atoms with Crippen LogP contribution in [-0.4, -0.2) is 18.3 Å². The molecule has 0 heterocycles. The molecule has 1 aromatic carbocycles. The van der Waals surface area contributed by atoms with Gasteiger partial charge in [-0.15, -0.1) is 0 Å². The van der Waals surface area contributed by atoms with Crippen molar-refractivity contribution >= 4 is 0 Å². The van der Waals surface area contributed by atoms with Gasteiger partial charge in [0.2, 0.25) is 0 Å². The van der Waals surface area contributed by atoms with E-state index >= 15 is 0 Å². The molecule has 1 aliphatic rings. The van der Waals surface area contributed by atoms with Crippen LogP contribution in [0.1, 0.15) is 30.9 Å². The number of nitrogens with two attached hydrogens (primary N) is 1. The summed E-state index contributed by atoms with van der Waals surface area (Å²) in [6.07, 6.45) is 2.78. The molecular formula is C13H18FNO2. The molecule has 0 bridgehead atoms. The molecule has 3 N–H and O–H groups in total. The number of benzene rings is 1. The van der Waals surface area contributed by atoms with Gasteiger partial charge in [0.25, 0.3) is 0 Å². The van der Waals surface area contributed by atoms with Crippen LogP contribution in [0.15, 0.2) is 18.2 Å². The van der Waals surface area contributed by atoms with Gasteiger partial charge in [0.05, 0.1) is 12.7 Å². The summed E-state index contributed by atoms with van der Waals surface area (Å²) in [6.45, 7) is 0.664. The van der Waals surface area contributed by atoms with Gasteiger partial charge in [0.1, 0.15) is 0 Å². The highest BCUT2D eigenvalue weighted by atomic mass is 19.1. The Kier molecular flexibility index (Phi) is 3.97. The summed E-state index contributed by atoms with van der Waals surface area (Å²) in [6, 6.07) is 4.49. The van der Waals surface area contributed by atoms with Gasteiger partial charge in [-0.2, -0.15) is 0 Å². The number of rotatable bonds is 5. The van der Waals surface area contributed by atoms with Crippen LogP contribution in [0.4, 0.5) is 4.39 Å². The highest BCUT2D eigenvalue weighted by molar-refractivity contribution is 5.30. The van der Waals surface area contributed by atoms with E-state index in [9.17, 15) is 9.50 Å². The van der Waals surface area contributed by atoms with Gasteiger partial charge in [0, 0.05) is 6.54 Å². The van der Waals surface area contributed by atoms with E-state index in [0.29, 0.717) is 18.1 Å². The highest BCUT2D eigenvalue weighted by Gasteiger charge is 2.19. The summed E-state index contributed by atoms with van der Waals surface area (Å²) in [5, 5.41) is 9.48. The van der Waals surface area contributed by atoms with Crippen LogP contribution in [0.25, 0.3) is 0 Å². The van der Waals surface area contributed by atoms with E-state index in [-0.39, 0.29) is 12.3 Å². The largest absolute Gasteiger partial charge is 0.490 e. The monoisotopic (exact) mass is 239 g/mol. The molecule has 1 saturated carbocycles. The normalized spacial score (nSPS) is 17.6. The lowest BCUT2D eigenvalue weighted by Crippen LogP contribution is -2.19. The maximum atomic E-state index is 13.6. The van der Waals surface area contributed by atoms with Crippen molar-refractivity contribution in [1.82, 2.24) is 0 Å². The third kappa shape index (κ3) is 2.96. The first-order valence-electron chi connectivity index (χ1n) is 6.01. The van der Waals surface area contributed by atoms with Crippen LogP contribution in [0.2, 0.25) is 0 Å². The molecule has 1 aliphatic carbocycles. The lowest BCUT2D eigenvalue weighted by molar-refractivity contribution is 0.173. The average molecular weight is 239 g/mol. The maximum Gasteiger partial charge on any atom is 0.165 e. The second-order valence-corrected chi connectivity index (χ2v) is 4.55. The first-order chi connectivity index (χ1) is 8.20. The number of hydrogen-bond donors (Lipinski definition) is 2. The summed E-state index contributed by atoms with van der Waals surface area (Å²) in [5.41, 5.74) is 5.80. The number of aliphatic hydroxyl groups excluding tert-OH is 1. The first kappa shape index (κ1) is 12.3. The van der Waals surface area contributed by atoms with Gasteiger partial charge in [-0.05, 0) is 36.5 Å². The number of ether oxygens (including phenoxy) is 1. The van der Waals surface area contributed by atoms with Gasteiger partial charge < -0.3 is 15.6 Å². The molecule has 0 radical (unpaired) electrons. The molecule has 3 nitrogen and oxygen atoms in total. The molecule has 1 fully saturated rings. The summed E-state index contributed by atoms with van der Waals surface area (Å²) in [7, 11) is 0. The Bertz CT molecular complexity index is 380. The van der Waals surface area contributed by atoms with E-state index in [4.69, 9.17) is 10.5 Å². The van der Waals surface area contributed by atoms with E-state index in [0.717, 1.165) is 0 Å². The van der Waals surface area contributed by atoms with E-state index in [1.54, 1.807) is 12.1 Å². The summed E-state index contributed by atoms with van der Waals surface area (Å²) in [5.74, 6) is 0.392. The average Bonchev–Trinajstić information content (AvgIpc) is 2.28. The van der Waals surface area contributed by atoms with Crippen LogP contribution in [0.5, 0.6) is 5.75 Å². The third-order valence-corrected chi connectivity index (χ3v) is 3.26. The van der Waals surface area contributed by atoms with Gasteiger partial charge in [-0.25, -0.2) is 4.39 Å². The Hall–Kier alpha value is -1.13. The Morgan fingerprint density at radius 2 is 2.24 bits per heavy atom. The Morgan fingerprint density at radius 1 is 1.47 bits per heavy atom. The molecule has 94 valence electrons. The van der Waals surface area contributed by atoms with Crippen molar-refractivity contribution < 1.29 is 14.2 Å². The zero-order valence-electron chi connectivity index (χ0n) is 9.73. The zero-order valence-corrected chi connectivity index (χ0v) is 9.73. The second-order valence-electron chi connectivity index (χ2n) is 4.55. The van der Waals surface area contributed by atoms with E-state index < -0.39 is 11.9 Å². The molecule has 1 atom stereocenters. The fraction of sp³-hybridized carbons (Fsp3) is 0.538. The molecule has 0 spiro atoms. The molecule has 2 rings (SSSR count). The molecule has 1 unspecified atom stereocenters. The van der Waals surface area contributed by atoms with E-state index in [1.165, 1.54) is 25.3 Å². The summed E-state index contributed by atoms with van der Waals surface area (Å²) in [4.78, 5) is 0. The minimum Gasteiger partial charge on any atom is -0.490 e. The summed E-state index contributed by atoms with van der Waals surface area (Å²) >= 11 is 0. The molecule has 0 aromatic heterocycles. The van der Waals surface area contributed by atoms with Gasteiger partial charge >= 0.3 is 0 Å². The van der Waals surface area contributed by atoms with Crippen molar-refractivity contribution in [2.45, 2.75) is 25.4 Å². The minimum absolute atomic E-state index is 0.0850. The van der Waals surface area contributed by atoms with Gasteiger partial charge in [-0.3, -0.25) is 0 Å². The SMILES string of the molecule is NCC(O)c1ccc(OCC2CCC2)c(F)c1. The maximum absolute atomic E-state index is 13.6. The van der Waals surface area contributed by atoms with Crippen LogP contribution in [-0.2, 0) is 0 Å². The first-order valence-corrected chi connectivity index (χ1v) is 6.01.